The maximum Gasteiger partial charge on any atom is 0.272 e. The minimum Gasteiger partial charge on any atom is -0.385 e. The molecule has 4 aromatic rings. The standard InChI is InChI=1S/C25H26ClN5O2S/c1-15-28-20-14-22(16-5-7-17(26)8-6-16)34-23(20)24(32)31(15)18-9-10-21-19(13-18)29-25(27-2)30(21)11-4-12-33-3/h5-10,13-15,28H,4,11-12H2,1-3H3,(H,27,29). The van der Waals surface area contributed by atoms with Crippen LogP contribution in [0.5, 0.6) is 0 Å². The number of hydrogen-bond acceptors (Lipinski definition) is 6. The Hall–Kier alpha value is -3.07. The largest absolute Gasteiger partial charge is 0.385 e. The number of methoxy groups -OCH3 is 1. The summed E-state index contributed by atoms with van der Waals surface area (Å²) in [4.78, 5) is 21.9. The van der Waals surface area contributed by atoms with Crippen molar-refractivity contribution in [1.82, 2.24) is 9.55 Å². The highest BCUT2D eigenvalue weighted by Crippen LogP contribution is 2.40. The van der Waals surface area contributed by atoms with Gasteiger partial charge in [-0.15, -0.1) is 11.3 Å². The molecule has 0 saturated heterocycles. The average Bonchev–Trinajstić information content (AvgIpc) is 3.41. The van der Waals surface area contributed by atoms with Crippen molar-refractivity contribution < 1.29 is 9.53 Å². The van der Waals surface area contributed by atoms with E-state index in [0.29, 0.717) is 16.5 Å². The van der Waals surface area contributed by atoms with Crippen molar-refractivity contribution in [2.24, 2.45) is 0 Å². The lowest BCUT2D eigenvalue weighted by molar-refractivity contribution is 0.0981. The Morgan fingerprint density at radius 1 is 1.21 bits per heavy atom. The summed E-state index contributed by atoms with van der Waals surface area (Å²) in [5, 5.41) is 7.35. The van der Waals surface area contributed by atoms with Crippen LogP contribution < -0.4 is 15.5 Å². The molecule has 0 fully saturated rings. The first-order valence-electron chi connectivity index (χ1n) is 11.2. The number of carbonyl (C=O) groups is 1. The fourth-order valence-corrected chi connectivity index (χ4v) is 5.57. The van der Waals surface area contributed by atoms with Crippen molar-refractivity contribution in [2.45, 2.75) is 26.1 Å². The maximum atomic E-state index is 13.6. The van der Waals surface area contributed by atoms with Gasteiger partial charge in [-0.05, 0) is 55.3 Å². The van der Waals surface area contributed by atoms with Crippen molar-refractivity contribution in [3.05, 3.63) is 58.4 Å². The van der Waals surface area contributed by atoms with Crippen molar-refractivity contribution in [3.8, 4) is 10.4 Å². The fraction of sp³-hybridized carbons (Fsp3) is 0.280. The first kappa shape index (κ1) is 22.7. The van der Waals surface area contributed by atoms with E-state index in [4.69, 9.17) is 21.3 Å². The number of hydrogen-bond donors (Lipinski definition) is 2. The second kappa shape index (κ2) is 9.29. The van der Waals surface area contributed by atoms with Crippen LogP contribution in [0.25, 0.3) is 21.5 Å². The number of aromatic nitrogens is 2. The summed E-state index contributed by atoms with van der Waals surface area (Å²) in [7, 11) is 3.57. The van der Waals surface area contributed by atoms with E-state index < -0.39 is 0 Å². The number of anilines is 3. The van der Waals surface area contributed by atoms with Gasteiger partial charge in [0.05, 0.1) is 16.7 Å². The quantitative estimate of drug-likeness (QED) is 0.312. The monoisotopic (exact) mass is 495 g/mol. The molecule has 2 N–H and O–H groups in total. The molecule has 1 atom stereocenters. The van der Waals surface area contributed by atoms with Gasteiger partial charge >= 0.3 is 0 Å². The number of benzene rings is 2. The zero-order valence-electron chi connectivity index (χ0n) is 19.3. The van der Waals surface area contributed by atoms with Crippen LogP contribution in [0.1, 0.15) is 23.0 Å². The lowest BCUT2D eigenvalue weighted by atomic mass is 10.1. The number of nitrogens with one attached hydrogen (secondary N) is 2. The molecule has 176 valence electrons. The van der Waals surface area contributed by atoms with Crippen LogP contribution in [0.4, 0.5) is 17.3 Å². The van der Waals surface area contributed by atoms with Crippen LogP contribution in [-0.2, 0) is 11.3 Å². The van der Waals surface area contributed by atoms with Crippen LogP contribution >= 0.6 is 22.9 Å². The molecule has 2 aromatic heterocycles. The first-order valence-corrected chi connectivity index (χ1v) is 12.4. The molecule has 1 unspecified atom stereocenters. The third kappa shape index (κ3) is 4.02. The van der Waals surface area contributed by atoms with Crippen molar-refractivity contribution in [3.63, 3.8) is 0 Å². The molecule has 3 heterocycles. The van der Waals surface area contributed by atoms with E-state index in [1.165, 1.54) is 11.3 Å². The van der Waals surface area contributed by atoms with Gasteiger partial charge in [-0.3, -0.25) is 9.69 Å². The normalized spacial score (nSPS) is 15.5. The summed E-state index contributed by atoms with van der Waals surface area (Å²) in [6.07, 6.45) is 0.693. The summed E-state index contributed by atoms with van der Waals surface area (Å²) in [5.74, 6) is 0.784. The fourth-order valence-electron chi connectivity index (χ4n) is 4.38. The highest BCUT2D eigenvalue weighted by Gasteiger charge is 2.33. The minimum absolute atomic E-state index is 0.0146. The predicted octanol–water partition coefficient (Wildman–Crippen LogP) is 5.91. The highest BCUT2D eigenvalue weighted by atomic mass is 35.5. The second-order valence-corrected chi connectivity index (χ2v) is 9.70. The summed E-state index contributed by atoms with van der Waals surface area (Å²) >= 11 is 7.53. The zero-order chi connectivity index (χ0) is 23.8. The van der Waals surface area contributed by atoms with Gasteiger partial charge in [0, 0.05) is 42.9 Å². The Bertz CT molecular complexity index is 1350. The first-order chi connectivity index (χ1) is 16.5. The lowest BCUT2D eigenvalue weighted by Crippen LogP contribution is -2.46. The van der Waals surface area contributed by atoms with Gasteiger partial charge in [-0.25, -0.2) is 4.98 Å². The molecule has 0 radical (unpaired) electrons. The van der Waals surface area contributed by atoms with Gasteiger partial charge in [-0.2, -0.15) is 0 Å². The number of rotatable bonds is 7. The maximum absolute atomic E-state index is 13.6. The van der Waals surface area contributed by atoms with E-state index in [1.54, 1.807) is 12.0 Å². The van der Waals surface area contributed by atoms with Crippen LogP contribution in [0.15, 0.2) is 48.5 Å². The molecule has 9 heteroatoms. The molecule has 1 aliphatic heterocycles. The smallest absolute Gasteiger partial charge is 0.272 e. The topological polar surface area (TPSA) is 71.4 Å². The summed E-state index contributed by atoms with van der Waals surface area (Å²) in [6, 6.07) is 15.7. The number of imidazole rings is 1. The molecular formula is C25H26ClN5O2S. The third-order valence-electron chi connectivity index (χ3n) is 5.99. The number of nitrogens with zero attached hydrogens (tertiary/aromatic N) is 3. The van der Waals surface area contributed by atoms with Crippen LogP contribution in [0, 0.1) is 0 Å². The van der Waals surface area contributed by atoms with Crippen LogP contribution in [0.3, 0.4) is 0 Å². The van der Waals surface area contributed by atoms with E-state index in [0.717, 1.165) is 51.8 Å². The molecule has 1 amide bonds. The minimum atomic E-state index is -0.197. The van der Waals surface area contributed by atoms with Crippen LogP contribution in [-0.4, -0.2) is 42.4 Å². The number of halogens is 1. The van der Waals surface area contributed by atoms with E-state index >= 15 is 0 Å². The predicted molar refractivity (Wildman–Crippen MR) is 140 cm³/mol. The zero-order valence-corrected chi connectivity index (χ0v) is 20.8. The SMILES string of the molecule is CNc1nc2cc(N3C(=O)c4sc(-c5ccc(Cl)cc5)cc4NC3C)ccc2n1CCCOC. The average molecular weight is 496 g/mol. The van der Waals surface area contributed by atoms with E-state index in [1.807, 2.05) is 62.5 Å². The van der Waals surface area contributed by atoms with Crippen molar-refractivity contribution in [1.29, 1.82) is 0 Å². The Balaban J connectivity index is 1.48. The molecule has 34 heavy (non-hydrogen) atoms. The van der Waals surface area contributed by atoms with Crippen molar-refractivity contribution in [2.75, 3.05) is 36.3 Å². The molecule has 7 nitrogen and oxygen atoms in total. The van der Waals surface area contributed by atoms with Gasteiger partial charge in [0.2, 0.25) is 5.95 Å². The number of ether oxygens (including phenoxy) is 1. The molecule has 2 aromatic carbocycles. The number of amides is 1. The second-order valence-electron chi connectivity index (χ2n) is 8.21. The Kier molecular flexibility index (Phi) is 6.20. The third-order valence-corrected chi connectivity index (χ3v) is 7.41. The number of aryl methyl sites for hydroxylation is 1. The summed E-state index contributed by atoms with van der Waals surface area (Å²) in [6.45, 7) is 3.48. The molecule has 0 aliphatic carbocycles. The van der Waals surface area contributed by atoms with Gasteiger partial charge in [0.1, 0.15) is 11.0 Å². The molecule has 0 bridgehead atoms. The van der Waals surface area contributed by atoms with E-state index in [-0.39, 0.29) is 12.1 Å². The van der Waals surface area contributed by atoms with Crippen molar-refractivity contribution >= 4 is 57.2 Å². The molecule has 5 rings (SSSR count). The van der Waals surface area contributed by atoms with Crippen LogP contribution in [0.2, 0.25) is 5.02 Å². The highest BCUT2D eigenvalue weighted by molar-refractivity contribution is 7.18. The van der Waals surface area contributed by atoms with Gasteiger partial charge in [-0.1, -0.05) is 23.7 Å². The summed E-state index contributed by atoms with van der Waals surface area (Å²) < 4.78 is 7.35. The number of fused-ring (bicyclic) bond motifs is 2. The van der Waals surface area contributed by atoms with Gasteiger partial charge in [0.25, 0.3) is 5.91 Å². The molecule has 0 saturated carbocycles. The number of carbonyl (C=O) groups excluding carboxylic acids is 1. The van der Waals surface area contributed by atoms with Gasteiger partial charge < -0.3 is 19.9 Å². The Labute approximate surface area is 207 Å². The van der Waals surface area contributed by atoms with Gasteiger partial charge in [0.15, 0.2) is 0 Å². The number of thiophene rings is 1. The Morgan fingerprint density at radius 2 is 2.00 bits per heavy atom. The summed E-state index contributed by atoms with van der Waals surface area (Å²) in [5.41, 5.74) is 4.59. The lowest BCUT2D eigenvalue weighted by Gasteiger charge is -2.34. The molecule has 1 aliphatic rings. The molecular weight excluding hydrogens is 470 g/mol. The van der Waals surface area contributed by atoms with E-state index in [9.17, 15) is 4.79 Å². The Morgan fingerprint density at radius 3 is 2.74 bits per heavy atom. The molecule has 0 spiro atoms. The van der Waals surface area contributed by atoms with E-state index in [2.05, 4.69) is 15.2 Å².